The molecule has 1 aromatic carbocycles. The highest BCUT2D eigenvalue weighted by atomic mass is 16.5. The Labute approximate surface area is 114 Å². The van der Waals surface area contributed by atoms with Crippen LogP contribution in [0.1, 0.15) is 26.3 Å². The van der Waals surface area contributed by atoms with Gasteiger partial charge in [0.15, 0.2) is 0 Å². The molecule has 0 saturated carbocycles. The largest absolute Gasteiger partial charge is 0.491 e. The van der Waals surface area contributed by atoms with Gasteiger partial charge in [0, 0.05) is 6.04 Å². The van der Waals surface area contributed by atoms with E-state index in [1.807, 2.05) is 63.3 Å². The van der Waals surface area contributed by atoms with E-state index in [0.717, 1.165) is 16.9 Å². The number of hydrogen-bond donors (Lipinski definition) is 2. The lowest BCUT2D eigenvalue weighted by Crippen LogP contribution is -2.51. The Morgan fingerprint density at radius 2 is 1.84 bits per heavy atom. The van der Waals surface area contributed by atoms with Crippen LogP contribution in [0.5, 0.6) is 5.75 Å². The van der Waals surface area contributed by atoms with Crippen LogP contribution in [0.2, 0.25) is 0 Å². The van der Waals surface area contributed by atoms with Crippen molar-refractivity contribution < 1.29 is 4.74 Å². The first-order chi connectivity index (χ1) is 8.91. The quantitative estimate of drug-likeness (QED) is 0.875. The topological polar surface area (TPSA) is 61.3 Å². The third kappa shape index (κ3) is 2.88. The van der Waals surface area contributed by atoms with Gasteiger partial charge in [-0.1, -0.05) is 35.9 Å². The number of ether oxygens (including phenoxy) is 1. The molecule has 4 N–H and O–H groups in total. The Hall–Kier alpha value is -1.58. The molecule has 1 aliphatic rings. The summed E-state index contributed by atoms with van der Waals surface area (Å²) in [5, 5.41) is 0. The predicted octanol–water partition coefficient (Wildman–Crippen LogP) is 2.47. The molecule has 0 aliphatic heterocycles. The molecule has 1 aliphatic carbocycles. The predicted molar refractivity (Wildman–Crippen MR) is 78.9 cm³/mol. The van der Waals surface area contributed by atoms with E-state index in [2.05, 4.69) is 0 Å². The van der Waals surface area contributed by atoms with E-state index in [1.54, 1.807) is 0 Å². The van der Waals surface area contributed by atoms with Crippen LogP contribution < -0.4 is 16.2 Å². The van der Waals surface area contributed by atoms with Crippen molar-refractivity contribution in [3.8, 4) is 5.75 Å². The SMILES string of the molecule is CC1=CC(N)C(N)(c2ccc(OC(C)C)cc2)C=C1. The van der Waals surface area contributed by atoms with Crippen LogP contribution in [-0.4, -0.2) is 12.1 Å². The van der Waals surface area contributed by atoms with Crippen LogP contribution in [0.25, 0.3) is 0 Å². The lowest BCUT2D eigenvalue weighted by atomic mass is 9.80. The van der Waals surface area contributed by atoms with E-state index < -0.39 is 5.54 Å². The van der Waals surface area contributed by atoms with Gasteiger partial charge < -0.3 is 16.2 Å². The number of nitrogens with two attached hydrogens (primary N) is 2. The summed E-state index contributed by atoms with van der Waals surface area (Å²) in [5.41, 5.74) is 14.1. The van der Waals surface area contributed by atoms with Gasteiger partial charge >= 0.3 is 0 Å². The fourth-order valence-electron chi connectivity index (χ4n) is 2.24. The van der Waals surface area contributed by atoms with Crippen LogP contribution in [-0.2, 0) is 5.54 Å². The highest BCUT2D eigenvalue weighted by molar-refractivity contribution is 5.42. The number of allylic oxidation sites excluding steroid dienone is 2. The van der Waals surface area contributed by atoms with Gasteiger partial charge in [0.1, 0.15) is 5.75 Å². The average molecular weight is 258 g/mol. The molecule has 2 atom stereocenters. The molecule has 0 bridgehead atoms. The zero-order valence-corrected chi connectivity index (χ0v) is 11.8. The van der Waals surface area contributed by atoms with Crippen molar-refractivity contribution in [1.82, 2.24) is 0 Å². The minimum Gasteiger partial charge on any atom is -0.491 e. The highest BCUT2D eigenvalue weighted by Crippen LogP contribution is 2.29. The molecular weight excluding hydrogens is 236 g/mol. The maximum atomic E-state index is 6.44. The Kier molecular flexibility index (Phi) is 3.78. The van der Waals surface area contributed by atoms with E-state index in [-0.39, 0.29) is 12.1 Å². The van der Waals surface area contributed by atoms with Crippen LogP contribution in [0, 0.1) is 0 Å². The van der Waals surface area contributed by atoms with E-state index in [0.29, 0.717) is 0 Å². The van der Waals surface area contributed by atoms with E-state index in [1.165, 1.54) is 0 Å². The molecule has 0 saturated heterocycles. The molecule has 0 radical (unpaired) electrons. The average Bonchev–Trinajstić information content (AvgIpc) is 2.34. The van der Waals surface area contributed by atoms with Crippen molar-refractivity contribution in [3.63, 3.8) is 0 Å². The molecule has 102 valence electrons. The molecule has 0 aromatic heterocycles. The first-order valence-electron chi connectivity index (χ1n) is 6.61. The van der Waals surface area contributed by atoms with Crippen molar-refractivity contribution >= 4 is 0 Å². The van der Waals surface area contributed by atoms with Crippen LogP contribution >= 0.6 is 0 Å². The van der Waals surface area contributed by atoms with Gasteiger partial charge in [0.25, 0.3) is 0 Å². The summed E-state index contributed by atoms with van der Waals surface area (Å²) in [6.45, 7) is 6.03. The Morgan fingerprint density at radius 3 is 2.37 bits per heavy atom. The summed E-state index contributed by atoms with van der Waals surface area (Å²) >= 11 is 0. The molecule has 0 heterocycles. The van der Waals surface area contributed by atoms with E-state index in [4.69, 9.17) is 16.2 Å². The summed E-state index contributed by atoms with van der Waals surface area (Å²) in [6, 6.07) is 7.63. The van der Waals surface area contributed by atoms with Crippen LogP contribution in [0.15, 0.2) is 48.1 Å². The second kappa shape index (κ2) is 5.19. The number of benzene rings is 1. The van der Waals surface area contributed by atoms with Crippen molar-refractivity contribution in [2.45, 2.75) is 38.5 Å². The Bertz CT molecular complexity index is 502. The lowest BCUT2D eigenvalue weighted by molar-refractivity contribution is 0.242. The highest BCUT2D eigenvalue weighted by Gasteiger charge is 2.32. The van der Waals surface area contributed by atoms with E-state index in [9.17, 15) is 0 Å². The van der Waals surface area contributed by atoms with Crippen molar-refractivity contribution in [2.75, 3.05) is 0 Å². The van der Waals surface area contributed by atoms with Crippen LogP contribution in [0.4, 0.5) is 0 Å². The Balaban J connectivity index is 2.25. The summed E-state index contributed by atoms with van der Waals surface area (Å²) in [5.74, 6) is 0.849. The minimum absolute atomic E-state index is 0.167. The molecule has 19 heavy (non-hydrogen) atoms. The van der Waals surface area contributed by atoms with Crippen molar-refractivity contribution in [2.24, 2.45) is 11.5 Å². The molecule has 3 heteroatoms. The van der Waals surface area contributed by atoms with E-state index >= 15 is 0 Å². The summed E-state index contributed by atoms with van der Waals surface area (Å²) in [6.07, 6.45) is 6.16. The van der Waals surface area contributed by atoms with Crippen LogP contribution in [0.3, 0.4) is 0 Å². The third-order valence-corrected chi connectivity index (χ3v) is 3.34. The first-order valence-corrected chi connectivity index (χ1v) is 6.61. The first kappa shape index (κ1) is 13.8. The number of hydrogen-bond acceptors (Lipinski definition) is 3. The minimum atomic E-state index is -0.643. The summed E-state index contributed by atoms with van der Waals surface area (Å²) in [7, 11) is 0. The van der Waals surface area contributed by atoms with Gasteiger partial charge in [-0.3, -0.25) is 0 Å². The molecule has 2 unspecified atom stereocenters. The molecule has 1 aromatic rings. The second-order valence-corrected chi connectivity index (χ2v) is 5.39. The summed E-state index contributed by atoms with van der Waals surface area (Å²) in [4.78, 5) is 0. The molecule has 3 nitrogen and oxygen atoms in total. The fraction of sp³-hybridized carbons (Fsp3) is 0.375. The monoisotopic (exact) mass is 258 g/mol. The standard InChI is InChI=1S/C16H22N2O/c1-11(2)19-14-6-4-13(5-7-14)16(18)9-8-12(3)10-15(16)17/h4-11,15H,17-18H2,1-3H3. The summed E-state index contributed by atoms with van der Waals surface area (Å²) < 4.78 is 5.63. The molecular formula is C16H22N2O. The Morgan fingerprint density at radius 1 is 1.21 bits per heavy atom. The van der Waals surface area contributed by atoms with Gasteiger partial charge in [0.2, 0.25) is 0 Å². The normalized spacial score (nSPS) is 26.4. The fourth-order valence-corrected chi connectivity index (χ4v) is 2.24. The van der Waals surface area contributed by atoms with Crippen molar-refractivity contribution in [1.29, 1.82) is 0 Å². The lowest BCUT2D eigenvalue weighted by Gasteiger charge is -2.34. The van der Waals surface area contributed by atoms with Gasteiger partial charge in [-0.15, -0.1) is 0 Å². The van der Waals surface area contributed by atoms with Gasteiger partial charge in [-0.25, -0.2) is 0 Å². The smallest absolute Gasteiger partial charge is 0.119 e. The second-order valence-electron chi connectivity index (χ2n) is 5.39. The zero-order valence-electron chi connectivity index (χ0n) is 11.8. The number of rotatable bonds is 3. The maximum absolute atomic E-state index is 6.44. The van der Waals surface area contributed by atoms with Gasteiger partial charge in [0.05, 0.1) is 11.6 Å². The van der Waals surface area contributed by atoms with Gasteiger partial charge in [-0.2, -0.15) is 0 Å². The molecule has 0 amide bonds. The third-order valence-electron chi connectivity index (χ3n) is 3.34. The van der Waals surface area contributed by atoms with Gasteiger partial charge in [-0.05, 0) is 38.5 Å². The molecule has 0 spiro atoms. The molecule has 2 rings (SSSR count). The molecule has 0 fully saturated rings. The zero-order chi connectivity index (χ0) is 14.0. The van der Waals surface area contributed by atoms with Crippen molar-refractivity contribution in [3.05, 3.63) is 53.6 Å². The maximum Gasteiger partial charge on any atom is 0.119 e.